The predicted molar refractivity (Wildman–Crippen MR) is 58.3 cm³/mol. The highest BCUT2D eigenvalue weighted by atomic mass is 16.5. The second-order valence-electron chi connectivity index (χ2n) is 3.61. The van der Waals surface area contributed by atoms with E-state index in [4.69, 9.17) is 10.8 Å². The fraction of sp³-hybridized carbons (Fsp3) is 0.500. The highest BCUT2D eigenvalue weighted by Crippen LogP contribution is 2.16. The van der Waals surface area contributed by atoms with E-state index in [1.165, 1.54) is 17.9 Å². The van der Waals surface area contributed by atoms with Crippen molar-refractivity contribution >= 4 is 11.9 Å². The van der Waals surface area contributed by atoms with Crippen LogP contribution in [-0.4, -0.2) is 33.9 Å². The summed E-state index contributed by atoms with van der Waals surface area (Å²) in [5.74, 6) is -1.45. The number of hydrogen-bond donors (Lipinski definition) is 2. The Bertz CT molecular complexity index is 427. The lowest BCUT2D eigenvalue weighted by molar-refractivity contribution is -0.137. The number of carbonyl (C=O) groups is 2. The van der Waals surface area contributed by atoms with Crippen LogP contribution >= 0.6 is 0 Å². The average Bonchev–Trinajstić information content (AvgIpc) is 2.67. The van der Waals surface area contributed by atoms with Gasteiger partial charge in [0.1, 0.15) is 0 Å². The lowest BCUT2D eigenvalue weighted by Gasteiger charge is -2.09. The molecule has 94 valence electrons. The second-order valence-corrected chi connectivity index (χ2v) is 3.61. The number of nitrogens with two attached hydrogens (primary N) is 1. The number of aliphatic carboxylic acids is 1. The van der Waals surface area contributed by atoms with Crippen molar-refractivity contribution in [3.8, 4) is 0 Å². The summed E-state index contributed by atoms with van der Waals surface area (Å²) in [5.41, 5.74) is 6.59. The van der Waals surface area contributed by atoms with Crippen molar-refractivity contribution in [2.75, 3.05) is 7.11 Å². The standard InChI is InChI=1S/C10H15N3O4/c1-13-8(6(11)3-4-9(14)15)5-7(12-13)10(16)17-2/h5-6H,3-4,11H2,1-2H3,(H,14,15). The van der Waals surface area contributed by atoms with E-state index < -0.39 is 18.0 Å². The van der Waals surface area contributed by atoms with Crippen LogP contribution in [0.1, 0.15) is 35.1 Å². The van der Waals surface area contributed by atoms with Gasteiger partial charge in [-0.3, -0.25) is 9.48 Å². The van der Waals surface area contributed by atoms with E-state index in [0.29, 0.717) is 5.69 Å². The molecule has 0 aromatic carbocycles. The average molecular weight is 241 g/mol. The van der Waals surface area contributed by atoms with E-state index in [-0.39, 0.29) is 18.5 Å². The minimum Gasteiger partial charge on any atom is -0.481 e. The van der Waals surface area contributed by atoms with Gasteiger partial charge < -0.3 is 15.6 Å². The number of methoxy groups -OCH3 is 1. The van der Waals surface area contributed by atoms with E-state index in [0.717, 1.165) is 0 Å². The molecular weight excluding hydrogens is 226 g/mol. The van der Waals surface area contributed by atoms with Gasteiger partial charge in [-0.05, 0) is 12.5 Å². The van der Waals surface area contributed by atoms with Gasteiger partial charge in [0.05, 0.1) is 12.8 Å². The maximum absolute atomic E-state index is 11.2. The van der Waals surface area contributed by atoms with Gasteiger partial charge in [-0.1, -0.05) is 0 Å². The molecule has 1 unspecified atom stereocenters. The molecule has 1 aromatic rings. The summed E-state index contributed by atoms with van der Waals surface area (Å²) in [7, 11) is 2.91. The van der Waals surface area contributed by atoms with E-state index in [1.807, 2.05) is 0 Å². The molecule has 0 amide bonds. The van der Waals surface area contributed by atoms with Crippen molar-refractivity contribution in [3.05, 3.63) is 17.5 Å². The van der Waals surface area contributed by atoms with Crippen LogP contribution in [0.4, 0.5) is 0 Å². The number of carboxylic acids is 1. The van der Waals surface area contributed by atoms with Gasteiger partial charge in [-0.25, -0.2) is 4.79 Å². The number of carboxylic acid groups (broad SMARTS) is 1. The number of hydrogen-bond acceptors (Lipinski definition) is 5. The summed E-state index contributed by atoms with van der Waals surface area (Å²) in [6.45, 7) is 0. The summed E-state index contributed by atoms with van der Waals surface area (Å²) in [4.78, 5) is 21.7. The van der Waals surface area contributed by atoms with Gasteiger partial charge in [0, 0.05) is 19.5 Å². The zero-order chi connectivity index (χ0) is 13.0. The van der Waals surface area contributed by atoms with Crippen LogP contribution in [0.3, 0.4) is 0 Å². The van der Waals surface area contributed by atoms with Crippen LogP contribution in [0.5, 0.6) is 0 Å². The normalized spacial score (nSPS) is 12.2. The van der Waals surface area contributed by atoms with E-state index in [2.05, 4.69) is 9.84 Å². The minimum absolute atomic E-state index is 0.0279. The van der Waals surface area contributed by atoms with E-state index in [9.17, 15) is 9.59 Å². The largest absolute Gasteiger partial charge is 0.481 e. The van der Waals surface area contributed by atoms with Crippen molar-refractivity contribution in [3.63, 3.8) is 0 Å². The Balaban J connectivity index is 2.80. The Morgan fingerprint density at radius 2 is 2.29 bits per heavy atom. The number of nitrogens with zero attached hydrogens (tertiary/aromatic N) is 2. The van der Waals surface area contributed by atoms with Gasteiger partial charge >= 0.3 is 11.9 Å². The first kappa shape index (κ1) is 13.2. The van der Waals surface area contributed by atoms with Crippen LogP contribution in [0.25, 0.3) is 0 Å². The highest BCUT2D eigenvalue weighted by Gasteiger charge is 2.17. The third-order valence-electron chi connectivity index (χ3n) is 2.36. The SMILES string of the molecule is COC(=O)c1cc(C(N)CCC(=O)O)n(C)n1. The number of carbonyl (C=O) groups excluding carboxylic acids is 1. The molecule has 7 heteroatoms. The molecule has 17 heavy (non-hydrogen) atoms. The van der Waals surface area contributed by atoms with Crippen molar-refractivity contribution in [2.24, 2.45) is 12.8 Å². The first-order valence-corrected chi connectivity index (χ1v) is 5.05. The lowest BCUT2D eigenvalue weighted by atomic mass is 10.1. The van der Waals surface area contributed by atoms with E-state index >= 15 is 0 Å². The zero-order valence-electron chi connectivity index (χ0n) is 9.71. The Morgan fingerprint density at radius 3 is 2.82 bits per heavy atom. The van der Waals surface area contributed by atoms with Crippen LogP contribution in [0.15, 0.2) is 6.07 Å². The molecule has 0 fully saturated rings. The number of rotatable bonds is 5. The Labute approximate surface area is 98.2 Å². The lowest BCUT2D eigenvalue weighted by Crippen LogP contribution is -2.15. The molecule has 7 nitrogen and oxygen atoms in total. The molecule has 1 atom stereocenters. The predicted octanol–water partition coefficient (Wildman–Crippen LogP) is 0.0713. The quantitative estimate of drug-likeness (QED) is 0.706. The summed E-state index contributed by atoms with van der Waals surface area (Å²) < 4.78 is 5.99. The zero-order valence-corrected chi connectivity index (χ0v) is 9.71. The highest BCUT2D eigenvalue weighted by molar-refractivity contribution is 5.87. The third kappa shape index (κ3) is 3.28. The molecule has 0 saturated heterocycles. The fourth-order valence-corrected chi connectivity index (χ4v) is 1.46. The molecule has 0 saturated carbocycles. The summed E-state index contributed by atoms with van der Waals surface area (Å²) >= 11 is 0. The molecule has 0 aliphatic rings. The fourth-order valence-electron chi connectivity index (χ4n) is 1.46. The number of ether oxygens (including phenoxy) is 1. The monoisotopic (exact) mass is 241 g/mol. The first-order chi connectivity index (χ1) is 7.95. The number of aromatic nitrogens is 2. The molecular formula is C10H15N3O4. The van der Waals surface area contributed by atoms with Gasteiger partial charge in [-0.15, -0.1) is 0 Å². The Morgan fingerprint density at radius 1 is 1.65 bits per heavy atom. The molecule has 0 aliphatic carbocycles. The van der Waals surface area contributed by atoms with Crippen molar-refractivity contribution < 1.29 is 19.4 Å². The van der Waals surface area contributed by atoms with Gasteiger partial charge in [0.2, 0.25) is 0 Å². The topological polar surface area (TPSA) is 107 Å². The van der Waals surface area contributed by atoms with Crippen molar-refractivity contribution in [1.82, 2.24) is 9.78 Å². The molecule has 0 aliphatic heterocycles. The van der Waals surface area contributed by atoms with E-state index in [1.54, 1.807) is 7.05 Å². The second kappa shape index (κ2) is 5.44. The maximum atomic E-state index is 11.2. The van der Waals surface area contributed by atoms with Gasteiger partial charge in [0.15, 0.2) is 5.69 Å². The smallest absolute Gasteiger partial charge is 0.358 e. The molecule has 0 radical (unpaired) electrons. The Kier molecular flexibility index (Phi) is 4.22. The molecule has 1 heterocycles. The molecule has 1 aromatic heterocycles. The van der Waals surface area contributed by atoms with Crippen LogP contribution in [0, 0.1) is 0 Å². The summed E-state index contributed by atoms with van der Waals surface area (Å²) in [5, 5.41) is 12.5. The maximum Gasteiger partial charge on any atom is 0.358 e. The van der Waals surface area contributed by atoms with Gasteiger partial charge in [0.25, 0.3) is 0 Å². The molecule has 1 rings (SSSR count). The molecule has 0 bridgehead atoms. The van der Waals surface area contributed by atoms with Crippen LogP contribution in [0.2, 0.25) is 0 Å². The number of aryl methyl sites for hydroxylation is 1. The van der Waals surface area contributed by atoms with Crippen molar-refractivity contribution in [2.45, 2.75) is 18.9 Å². The third-order valence-corrected chi connectivity index (χ3v) is 2.36. The molecule has 0 spiro atoms. The Hall–Kier alpha value is -1.89. The van der Waals surface area contributed by atoms with Crippen LogP contribution in [-0.2, 0) is 16.6 Å². The molecule has 3 N–H and O–H groups in total. The number of esters is 1. The minimum atomic E-state index is -0.907. The van der Waals surface area contributed by atoms with Crippen LogP contribution < -0.4 is 5.73 Å². The summed E-state index contributed by atoms with van der Waals surface area (Å²) in [6, 6.07) is 1.04. The van der Waals surface area contributed by atoms with Gasteiger partial charge in [-0.2, -0.15) is 5.10 Å². The summed E-state index contributed by atoms with van der Waals surface area (Å²) in [6.07, 6.45) is 0.259. The van der Waals surface area contributed by atoms with Crippen molar-refractivity contribution in [1.29, 1.82) is 0 Å². The first-order valence-electron chi connectivity index (χ1n) is 5.05.